The second-order valence-corrected chi connectivity index (χ2v) is 8.71. The third-order valence-corrected chi connectivity index (χ3v) is 5.98. The fourth-order valence-corrected chi connectivity index (χ4v) is 3.86. The van der Waals surface area contributed by atoms with Crippen molar-refractivity contribution in [3.05, 3.63) is 89.9 Å². The summed E-state index contributed by atoms with van der Waals surface area (Å²) in [6.07, 6.45) is 3.06. The number of carbonyl (C=O) groups is 2. The highest BCUT2D eigenvalue weighted by Crippen LogP contribution is 2.12. The predicted molar refractivity (Wildman–Crippen MR) is 117 cm³/mol. The quantitative estimate of drug-likeness (QED) is 0.339. The lowest BCUT2D eigenvalue weighted by Gasteiger charge is -2.08. The van der Waals surface area contributed by atoms with Gasteiger partial charge in [0.2, 0.25) is 10.0 Å². The minimum atomic E-state index is -3.76. The number of rotatable bonds is 11. The number of esters is 1. The van der Waals surface area contributed by atoms with E-state index in [9.17, 15) is 18.0 Å². The molecule has 0 spiro atoms. The summed E-state index contributed by atoms with van der Waals surface area (Å²) in [6.45, 7) is 0.0807. The number of furan rings is 1. The molecule has 0 fully saturated rings. The summed E-state index contributed by atoms with van der Waals surface area (Å²) < 4.78 is 37.1. The molecule has 0 saturated heterocycles. The average Bonchev–Trinajstić information content (AvgIpc) is 3.34. The molecule has 0 aliphatic rings. The molecule has 0 aliphatic carbocycles. The van der Waals surface area contributed by atoms with Gasteiger partial charge in [0.1, 0.15) is 5.76 Å². The second-order valence-electron chi connectivity index (χ2n) is 6.94. The highest BCUT2D eigenvalue weighted by atomic mass is 32.2. The van der Waals surface area contributed by atoms with E-state index >= 15 is 0 Å². The van der Waals surface area contributed by atoms with Crippen LogP contribution in [0.1, 0.15) is 28.1 Å². The first-order valence-corrected chi connectivity index (χ1v) is 11.5. The molecule has 3 aromatic rings. The Kier molecular flexibility index (Phi) is 8.18. The third-order valence-electron chi connectivity index (χ3n) is 4.56. The molecule has 1 heterocycles. The first-order chi connectivity index (χ1) is 15.4. The Hall–Kier alpha value is -3.43. The molecule has 0 atom stereocenters. The van der Waals surface area contributed by atoms with E-state index in [2.05, 4.69) is 10.0 Å². The number of nitrogens with one attached hydrogen (secondary N) is 2. The number of ether oxygens (including phenoxy) is 1. The molecule has 1 amide bonds. The summed E-state index contributed by atoms with van der Waals surface area (Å²) >= 11 is 0. The molecule has 0 saturated carbocycles. The molecular formula is C23H24N2O6S. The van der Waals surface area contributed by atoms with Gasteiger partial charge in [-0.05, 0) is 54.8 Å². The zero-order valence-electron chi connectivity index (χ0n) is 17.3. The van der Waals surface area contributed by atoms with Crippen LogP contribution < -0.4 is 10.0 Å². The Morgan fingerprint density at radius 1 is 0.938 bits per heavy atom. The Morgan fingerprint density at radius 3 is 2.38 bits per heavy atom. The van der Waals surface area contributed by atoms with Gasteiger partial charge in [-0.25, -0.2) is 17.9 Å². The lowest BCUT2D eigenvalue weighted by Crippen LogP contribution is -2.29. The lowest BCUT2D eigenvalue weighted by molar-refractivity contribution is -0.124. The number of benzene rings is 2. The van der Waals surface area contributed by atoms with Crippen molar-refractivity contribution in [1.29, 1.82) is 0 Å². The van der Waals surface area contributed by atoms with Crippen LogP contribution >= 0.6 is 0 Å². The number of aryl methyl sites for hydroxylation is 1. The summed E-state index contributed by atoms with van der Waals surface area (Å²) in [5.41, 5.74) is 1.33. The standard InChI is InChI=1S/C23H24N2O6S/c26-22(24-14-4-8-18-6-2-1-3-7-18)17-31-23(27)19-10-12-21(13-11-19)32(28,29)25-16-20-9-5-15-30-20/h1-3,5-7,9-13,15,25H,4,8,14,16-17H2,(H,24,26). The van der Waals surface area contributed by atoms with Crippen LogP contribution in [-0.2, 0) is 32.5 Å². The summed E-state index contributed by atoms with van der Waals surface area (Å²) in [6, 6.07) is 18.5. The van der Waals surface area contributed by atoms with E-state index in [0.717, 1.165) is 12.8 Å². The number of sulfonamides is 1. The largest absolute Gasteiger partial charge is 0.468 e. The fourth-order valence-electron chi connectivity index (χ4n) is 2.86. The Bertz CT molecular complexity index is 1110. The van der Waals surface area contributed by atoms with Crippen LogP contribution in [0, 0.1) is 0 Å². The Labute approximate surface area is 186 Å². The van der Waals surface area contributed by atoms with E-state index in [1.165, 1.54) is 36.1 Å². The van der Waals surface area contributed by atoms with Crippen LogP contribution in [0.5, 0.6) is 0 Å². The first-order valence-electron chi connectivity index (χ1n) is 10.0. The monoisotopic (exact) mass is 456 g/mol. The highest BCUT2D eigenvalue weighted by molar-refractivity contribution is 7.89. The van der Waals surface area contributed by atoms with Gasteiger partial charge in [-0.15, -0.1) is 0 Å². The van der Waals surface area contributed by atoms with Gasteiger partial charge >= 0.3 is 5.97 Å². The van der Waals surface area contributed by atoms with Crippen LogP contribution in [0.4, 0.5) is 0 Å². The van der Waals surface area contributed by atoms with E-state index < -0.39 is 28.5 Å². The van der Waals surface area contributed by atoms with E-state index in [0.29, 0.717) is 12.3 Å². The van der Waals surface area contributed by atoms with Crippen molar-refractivity contribution >= 4 is 21.9 Å². The Balaban J connectivity index is 1.40. The van der Waals surface area contributed by atoms with Crippen molar-refractivity contribution in [2.45, 2.75) is 24.3 Å². The number of carbonyl (C=O) groups excluding carboxylic acids is 2. The summed E-state index contributed by atoms with van der Waals surface area (Å²) in [5.74, 6) is -0.628. The average molecular weight is 457 g/mol. The van der Waals surface area contributed by atoms with E-state index in [1.54, 1.807) is 12.1 Å². The van der Waals surface area contributed by atoms with Gasteiger partial charge < -0.3 is 14.5 Å². The number of hydrogen-bond donors (Lipinski definition) is 2. The van der Waals surface area contributed by atoms with E-state index in [1.807, 2.05) is 30.3 Å². The third kappa shape index (κ3) is 7.07. The lowest BCUT2D eigenvalue weighted by atomic mass is 10.1. The SMILES string of the molecule is O=C(COC(=O)c1ccc(S(=O)(=O)NCc2ccco2)cc1)NCCCc1ccccc1. The molecule has 32 heavy (non-hydrogen) atoms. The highest BCUT2D eigenvalue weighted by Gasteiger charge is 2.16. The smallest absolute Gasteiger partial charge is 0.338 e. The van der Waals surface area contributed by atoms with Crippen LogP contribution in [0.3, 0.4) is 0 Å². The van der Waals surface area contributed by atoms with Crippen LogP contribution in [0.15, 0.2) is 82.3 Å². The van der Waals surface area contributed by atoms with Gasteiger partial charge in [-0.3, -0.25) is 4.79 Å². The molecule has 0 bridgehead atoms. The van der Waals surface area contributed by atoms with Crippen molar-refractivity contribution in [1.82, 2.24) is 10.0 Å². The van der Waals surface area contributed by atoms with Crippen molar-refractivity contribution in [2.24, 2.45) is 0 Å². The minimum absolute atomic E-state index is 0.00300. The molecule has 3 rings (SSSR count). The zero-order valence-corrected chi connectivity index (χ0v) is 18.1. The van der Waals surface area contributed by atoms with E-state index in [4.69, 9.17) is 9.15 Å². The van der Waals surface area contributed by atoms with Gasteiger partial charge in [0, 0.05) is 6.54 Å². The molecule has 0 unspecified atom stereocenters. The number of amides is 1. The van der Waals surface area contributed by atoms with Gasteiger partial charge in [0.15, 0.2) is 6.61 Å². The minimum Gasteiger partial charge on any atom is -0.468 e. The summed E-state index contributed by atoms with van der Waals surface area (Å²) in [4.78, 5) is 24.0. The summed E-state index contributed by atoms with van der Waals surface area (Å²) in [5, 5.41) is 2.70. The van der Waals surface area contributed by atoms with Crippen LogP contribution in [0.2, 0.25) is 0 Å². The van der Waals surface area contributed by atoms with Gasteiger partial charge in [0.05, 0.1) is 23.3 Å². The summed E-state index contributed by atoms with van der Waals surface area (Å²) in [7, 11) is -3.76. The molecule has 2 N–H and O–H groups in total. The van der Waals surface area contributed by atoms with Crippen molar-refractivity contribution < 1.29 is 27.2 Å². The molecule has 0 radical (unpaired) electrons. The van der Waals surface area contributed by atoms with E-state index in [-0.39, 0.29) is 17.0 Å². The fraction of sp³-hybridized carbons (Fsp3) is 0.217. The van der Waals surface area contributed by atoms with Crippen molar-refractivity contribution in [3.63, 3.8) is 0 Å². The first kappa shape index (κ1) is 23.2. The molecular weight excluding hydrogens is 432 g/mol. The maximum absolute atomic E-state index is 12.3. The van der Waals surface area contributed by atoms with Gasteiger partial charge in [-0.1, -0.05) is 30.3 Å². The molecule has 9 heteroatoms. The molecule has 0 aliphatic heterocycles. The molecule has 1 aromatic heterocycles. The zero-order chi connectivity index (χ0) is 22.8. The van der Waals surface area contributed by atoms with Crippen molar-refractivity contribution in [3.8, 4) is 0 Å². The van der Waals surface area contributed by atoms with Crippen LogP contribution in [-0.4, -0.2) is 33.4 Å². The molecule has 168 valence electrons. The maximum Gasteiger partial charge on any atom is 0.338 e. The van der Waals surface area contributed by atoms with Crippen molar-refractivity contribution in [2.75, 3.05) is 13.2 Å². The number of hydrogen-bond acceptors (Lipinski definition) is 6. The maximum atomic E-state index is 12.3. The predicted octanol–water partition coefficient (Wildman–Crippen LogP) is 2.66. The topological polar surface area (TPSA) is 115 Å². The Morgan fingerprint density at radius 2 is 1.69 bits per heavy atom. The normalized spacial score (nSPS) is 11.1. The molecule has 8 nitrogen and oxygen atoms in total. The van der Waals surface area contributed by atoms with Gasteiger partial charge in [0.25, 0.3) is 5.91 Å². The molecule has 2 aromatic carbocycles. The second kappa shape index (κ2) is 11.3. The van der Waals surface area contributed by atoms with Crippen LogP contribution in [0.25, 0.3) is 0 Å². The van der Waals surface area contributed by atoms with Gasteiger partial charge in [-0.2, -0.15) is 0 Å².